The van der Waals surface area contributed by atoms with Crippen molar-refractivity contribution in [2.24, 2.45) is 11.3 Å². The molecule has 2 heteroatoms. The van der Waals surface area contributed by atoms with Crippen LogP contribution in [0.5, 0.6) is 0 Å². The zero-order valence-corrected chi connectivity index (χ0v) is 8.71. The molecule has 0 bridgehead atoms. The van der Waals surface area contributed by atoms with Crippen molar-refractivity contribution in [3.05, 3.63) is 0 Å². The Bertz CT molecular complexity index is 157. The van der Waals surface area contributed by atoms with Gasteiger partial charge in [0.25, 0.3) is 0 Å². The molecule has 1 aliphatic rings. The number of hydrogen-bond acceptors (Lipinski definition) is 2. The topological polar surface area (TPSA) is 26.3 Å². The van der Waals surface area contributed by atoms with Gasteiger partial charge >= 0.3 is 0 Å². The average Bonchev–Trinajstić information content (AvgIpc) is 2.16. The Hall–Kier alpha value is -0.370. The van der Waals surface area contributed by atoms with E-state index in [9.17, 15) is 4.79 Å². The summed E-state index contributed by atoms with van der Waals surface area (Å²) in [4.78, 5) is 11.0. The van der Waals surface area contributed by atoms with Crippen molar-refractivity contribution >= 4 is 6.29 Å². The zero-order valence-electron chi connectivity index (χ0n) is 8.71. The molecule has 0 amide bonds. The minimum atomic E-state index is -0.150. The number of carbonyl (C=O) groups excluding carboxylic acids is 1. The van der Waals surface area contributed by atoms with E-state index in [2.05, 4.69) is 13.8 Å². The molecule has 1 atom stereocenters. The lowest BCUT2D eigenvalue weighted by atomic mass is 9.78. The van der Waals surface area contributed by atoms with Crippen LogP contribution in [0.2, 0.25) is 0 Å². The predicted octanol–water partition coefficient (Wildman–Crippen LogP) is 2.42. The van der Waals surface area contributed by atoms with E-state index in [1.807, 2.05) is 0 Å². The monoisotopic (exact) mass is 184 g/mol. The van der Waals surface area contributed by atoms with E-state index in [-0.39, 0.29) is 5.41 Å². The van der Waals surface area contributed by atoms with E-state index in [4.69, 9.17) is 4.74 Å². The fraction of sp³-hybridized carbons (Fsp3) is 0.909. The molecule has 0 aromatic heterocycles. The highest BCUT2D eigenvalue weighted by Crippen LogP contribution is 2.32. The maximum absolute atomic E-state index is 11.0. The number of ether oxygens (including phenoxy) is 1. The first-order chi connectivity index (χ1) is 6.18. The van der Waals surface area contributed by atoms with E-state index < -0.39 is 0 Å². The molecule has 13 heavy (non-hydrogen) atoms. The number of carbonyl (C=O) groups is 1. The first-order valence-electron chi connectivity index (χ1n) is 5.23. The Kier molecular flexibility index (Phi) is 3.91. The van der Waals surface area contributed by atoms with Gasteiger partial charge in [0.1, 0.15) is 6.29 Å². The van der Waals surface area contributed by atoms with Crippen LogP contribution in [-0.2, 0) is 9.53 Å². The SMILES string of the molecule is CC(C)CCC1(C=O)CCCOC1. The van der Waals surface area contributed by atoms with Crippen molar-refractivity contribution in [1.82, 2.24) is 0 Å². The molecule has 1 unspecified atom stereocenters. The molecule has 1 rings (SSSR count). The predicted molar refractivity (Wildman–Crippen MR) is 52.6 cm³/mol. The fourth-order valence-electron chi connectivity index (χ4n) is 1.80. The molecular formula is C11H20O2. The largest absolute Gasteiger partial charge is 0.380 e. The van der Waals surface area contributed by atoms with Crippen LogP contribution in [0.4, 0.5) is 0 Å². The van der Waals surface area contributed by atoms with Crippen LogP contribution >= 0.6 is 0 Å². The van der Waals surface area contributed by atoms with Gasteiger partial charge in [-0.2, -0.15) is 0 Å². The minimum Gasteiger partial charge on any atom is -0.380 e. The van der Waals surface area contributed by atoms with Gasteiger partial charge < -0.3 is 9.53 Å². The van der Waals surface area contributed by atoms with Crippen molar-refractivity contribution in [2.45, 2.75) is 39.5 Å². The molecule has 2 nitrogen and oxygen atoms in total. The summed E-state index contributed by atoms with van der Waals surface area (Å²) < 4.78 is 5.38. The van der Waals surface area contributed by atoms with Crippen LogP contribution in [0.3, 0.4) is 0 Å². The Balaban J connectivity index is 2.42. The molecule has 0 aromatic carbocycles. The number of rotatable bonds is 4. The molecule has 0 aliphatic carbocycles. The standard InChI is InChI=1S/C11H20O2/c1-10(2)4-6-11(8-12)5-3-7-13-9-11/h8,10H,3-7,9H2,1-2H3. The molecule has 1 heterocycles. The van der Waals surface area contributed by atoms with E-state index in [1.54, 1.807) is 0 Å². The summed E-state index contributed by atoms with van der Waals surface area (Å²) in [6.07, 6.45) is 5.30. The van der Waals surface area contributed by atoms with Crippen LogP contribution in [0, 0.1) is 11.3 Å². The second-order valence-electron chi connectivity index (χ2n) is 4.57. The highest BCUT2D eigenvalue weighted by Gasteiger charge is 2.32. The first kappa shape index (κ1) is 10.7. The third kappa shape index (κ3) is 3.11. The second kappa shape index (κ2) is 4.75. The number of hydrogen-bond donors (Lipinski definition) is 0. The van der Waals surface area contributed by atoms with Crippen LogP contribution in [-0.4, -0.2) is 19.5 Å². The summed E-state index contributed by atoms with van der Waals surface area (Å²) in [6.45, 7) is 5.87. The maximum Gasteiger partial charge on any atom is 0.128 e. The van der Waals surface area contributed by atoms with Crippen molar-refractivity contribution in [1.29, 1.82) is 0 Å². The van der Waals surface area contributed by atoms with E-state index in [0.29, 0.717) is 12.5 Å². The van der Waals surface area contributed by atoms with Crippen molar-refractivity contribution in [2.75, 3.05) is 13.2 Å². The van der Waals surface area contributed by atoms with Crippen molar-refractivity contribution in [3.8, 4) is 0 Å². The van der Waals surface area contributed by atoms with Gasteiger partial charge in [-0.3, -0.25) is 0 Å². The van der Waals surface area contributed by atoms with Crippen molar-refractivity contribution in [3.63, 3.8) is 0 Å². The lowest BCUT2D eigenvalue weighted by Crippen LogP contribution is -2.33. The summed E-state index contributed by atoms with van der Waals surface area (Å²) in [7, 11) is 0. The summed E-state index contributed by atoms with van der Waals surface area (Å²) in [5, 5.41) is 0. The lowest BCUT2D eigenvalue weighted by molar-refractivity contribution is -0.124. The summed E-state index contributed by atoms with van der Waals surface area (Å²) in [5.74, 6) is 0.679. The fourth-order valence-corrected chi connectivity index (χ4v) is 1.80. The van der Waals surface area contributed by atoms with Crippen LogP contribution in [0.15, 0.2) is 0 Å². The molecule has 1 saturated heterocycles. The van der Waals surface area contributed by atoms with Gasteiger partial charge in [-0.1, -0.05) is 13.8 Å². The normalized spacial score (nSPS) is 29.2. The van der Waals surface area contributed by atoms with Gasteiger partial charge in [-0.25, -0.2) is 0 Å². The molecule has 0 N–H and O–H groups in total. The van der Waals surface area contributed by atoms with Crippen molar-refractivity contribution < 1.29 is 9.53 Å². The summed E-state index contributed by atoms with van der Waals surface area (Å²) in [5.41, 5.74) is -0.150. The van der Waals surface area contributed by atoms with Gasteiger partial charge in [0.15, 0.2) is 0 Å². The molecule has 0 aromatic rings. The van der Waals surface area contributed by atoms with Gasteiger partial charge in [-0.15, -0.1) is 0 Å². The molecule has 1 aliphatic heterocycles. The Morgan fingerprint density at radius 2 is 2.31 bits per heavy atom. The molecular weight excluding hydrogens is 164 g/mol. The first-order valence-corrected chi connectivity index (χ1v) is 5.23. The van der Waals surface area contributed by atoms with Gasteiger partial charge in [0.2, 0.25) is 0 Å². The molecule has 0 radical (unpaired) electrons. The molecule has 0 spiro atoms. The highest BCUT2D eigenvalue weighted by molar-refractivity contribution is 5.59. The smallest absolute Gasteiger partial charge is 0.128 e. The van der Waals surface area contributed by atoms with E-state index >= 15 is 0 Å². The second-order valence-corrected chi connectivity index (χ2v) is 4.57. The molecule has 1 fully saturated rings. The molecule has 76 valence electrons. The van der Waals surface area contributed by atoms with Crippen LogP contribution < -0.4 is 0 Å². The maximum atomic E-state index is 11.0. The Morgan fingerprint density at radius 3 is 2.77 bits per heavy atom. The van der Waals surface area contributed by atoms with Crippen LogP contribution in [0.25, 0.3) is 0 Å². The average molecular weight is 184 g/mol. The Morgan fingerprint density at radius 1 is 1.54 bits per heavy atom. The molecule has 0 saturated carbocycles. The zero-order chi connectivity index (χ0) is 9.73. The highest BCUT2D eigenvalue weighted by atomic mass is 16.5. The van der Waals surface area contributed by atoms with Gasteiger partial charge in [0, 0.05) is 12.0 Å². The third-order valence-corrected chi connectivity index (χ3v) is 2.82. The lowest BCUT2D eigenvalue weighted by Gasteiger charge is -2.32. The third-order valence-electron chi connectivity index (χ3n) is 2.82. The van der Waals surface area contributed by atoms with Crippen LogP contribution in [0.1, 0.15) is 39.5 Å². The van der Waals surface area contributed by atoms with Gasteiger partial charge in [-0.05, 0) is 31.6 Å². The Labute approximate surface area is 80.7 Å². The van der Waals surface area contributed by atoms with Gasteiger partial charge in [0.05, 0.1) is 6.61 Å². The quantitative estimate of drug-likeness (QED) is 0.627. The minimum absolute atomic E-state index is 0.150. The van der Waals surface area contributed by atoms with E-state index in [0.717, 1.165) is 38.6 Å². The summed E-state index contributed by atoms with van der Waals surface area (Å²) >= 11 is 0. The van der Waals surface area contributed by atoms with E-state index in [1.165, 1.54) is 0 Å². The summed E-state index contributed by atoms with van der Waals surface area (Å²) in [6, 6.07) is 0. The number of aldehydes is 1.